The lowest BCUT2D eigenvalue weighted by Gasteiger charge is -2.30. The maximum absolute atomic E-state index is 15.0. The van der Waals surface area contributed by atoms with Crippen molar-refractivity contribution in [3.8, 4) is 0 Å². The normalized spacial score (nSPS) is 21.4. The average Bonchev–Trinajstić information content (AvgIpc) is 2.87. The Morgan fingerprint density at radius 2 is 2.07 bits per heavy atom. The second-order valence-corrected chi connectivity index (χ2v) is 8.65. The molecular weight excluding hydrogens is 370 g/mol. The van der Waals surface area contributed by atoms with Gasteiger partial charge in [-0.2, -0.15) is 13.9 Å². The molecule has 0 aromatic carbocycles. The van der Waals surface area contributed by atoms with Crippen LogP contribution in [0.5, 0.6) is 0 Å². The van der Waals surface area contributed by atoms with E-state index in [1.807, 2.05) is 0 Å². The Balaban J connectivity index is 1.85. The number of halogens is 2. The standard InChI is InChI=1S/C19H28F2N4O3/c1-12(26)22-9-13-5-7-19(20,21)16-14-11-24(17(27)28-18(2,3)4)8-6-15(14)23-25(16)10-13/h13H,5-11H2,1-4H3,(H,22,26). The van der Waals surface area contributed by atoms with E-state index < -0.39 is 17.6 Å². The van der Waals surface area contributed by atoms with Crippen molar-refractivity contribution in [2.24, 2.45) is 5.92 Å². The highest BCUT2D eigenvalue weighted by molar-refractivity contribution is 5.72. The lowest BCUT2D eigenvalue weighted by atomic mass is 9.98. The molecule has 7 nitrogen and oxygen atoms in total. The van der Waals surface area contributed by atoms with Crippen molar-refractivity contribution in [1.29, 1.82) is 0 Å². The maximum Gasteiger partial charge on any atom is 0.410 e. The molecule has 2 aliphatic rings. The first kappa shape index (κ1) is 20.5. The zero-order chi connectivity index (χ0) is 20.7. The fourth-order valence-corrected chi connectivity index (χ4v) is 3.74. The van der Waals surface area contributed by atoms with Crippen molar-refractivity contribution >= 4 is 12.0 Å². The van der Waals surface area contributed by atoms with E-state index in [-0.39, 0.29) is 30.5 Å². The molecule has 2 amide bonds. The number of hydrogen-bond donors (Lipinski definition) is 1. The molecule has 1 aromatic rings. The molecule has 3 rings (SSSR count). The summed E-state index contributed by atoms with van der Waals surface area (Å²) in [5.74, 6) is -3.31. The van der Waals surface area contributed by atoms with Crippen molar-refractivity contribution in [3.05, 3.63) is 17.0 Å². The molecule has 28 heavy (non-hydrogen) atoms. The molecule has 1 unspecified atom stereocenters. The van der Waals surface area contributed by atoms with E-state index in [2.05, 4.69) is 10.4 Å². The van der Waals surface area contributed by atoms with Gasteiger partial charge in [-0.1, -0.05) is 0 Å². The Morgan fingerprint density at radius 3 is 2.71 bits per heavy atom. The third-order valence-corrected chi connectivity index (χ3v) is 5.04. The Bertz CT molecular complexity index is 770. The molecule has 1 N–H and O–H groups in total. The minimum Gasteiger partial charge on any atom is -0.444 e. The number of rotatable bonds is 2. The molecule has 0 saturated heterocycles. The molecule has 0 saturated carbocycles. The second kappa shape index (κ2) is 7.33. The minimum atomic E-state index is -3.03. The summed E-state index contributed by atoms with van der Waals surface area (Å²) in [5, 5.41) is 7.15. The van der Waals surface area contributed by atoms with E-state index in [9.17, 15) is 18.4 Å². The van der Waals surface area contributed by atoms with Crippen LogP contribution in [0.25, 0.3) is 0 Å². The first-order valence-corrected chi connectivity index (χ1v) is 9.65. The van der Waals surface area contributed by atoms with E-state index in [1.165, 1.54) is 16.5 Å². The fraction of sp³-hybridized carbons (Fsp3) is 0.737. The molecule has 1 aromatic heterocycles. The number of alkyl halides is 2. The summed E-state index contributed by atoms with van der Waals surface area (Å²) < 4.78 is 36.7. The summed E-state index contributed by atoms with van der Waals surface area (Å²) in [5.41, 5.74) is 0.312. The van der Waals surface area contributed by atoms with Gasteiger partial charge in [0.25, 0.3) is 5.92 Å². The SMILES string of the molecule is CC(=O)NCC1CCC(F)(F)c2c3c(nn2C1)CCN(C(=O)OC(C)(C)C)C3. The Morgan fingerprint density at radius 1 is 1.36 bits per heavy atom. The largest absolute Gasteiger partial charge is 0.444 e. The monoisotopic (exact) mass is 398 g/mol. The van der Waals surface area contributed by atoms with E-state index in [4.69, 9.17) is 4.74 Å². The van der Waals surface area contributed by atoms with Gasteiger partial charge < -0.3 is 15.0 Å². The molecule has 0 bridgehead atoms. The number of carbonyl (C=O) groups is 2. The van der Waals surface area contributed by atoms with Gasteiger partial charge in [-0.05, 0) is 33.1 Å². The van der Waals surface area contributed by atoms with E-state index in [0.717, 1.165) is 0 Å². The van der Waals surface area contributed by atoms with Crippen molar-refractivity contribution in [2.75, 3.05) is 13.1 Å². The van der Waals surface area contributed by atoms with Crippen LogP contribution in [0.1, 0.15) is 57.5 Å². The van der Waals surface area contributed by atoms with Gasteiger partial charge in [-0.15, -0.1) is 0 Å². The first-order chi connectivity index (χ1) is 13.0. The molecule has 1 atom stereocenters. The average molecular weight is 398 g/mol. The van der Waals surface area contributed by atoms with Gasteiger partial charge in [0.2, 0.25) is 5.91 Å². The number of carbonyl (C=O) groups excluding carboxylic acids is 2. The molecule has 0 radical (unpaired) electrons. The number of nitrogens with one attached hydrogen (secondary N) is 1. The zero-order valence-electron chi connectivity index (χ0n) is 16.8. The second-order valence-electron chi connectivity index (χ2n) is 8.65. The predicted octanol–water partition coefficient (Wildman–Crippen LogP) is 2.81. The number of fused-ring (bicyclic) bond motifs is 3. The lowest BCUT2D eigenvalue weighted by molar-refractivity contribution is -0.119. The maximum atomic E-state index is 15.0. The summed E-state index contributed by atoms with van der Waals surface area (Å²) in [6.07, 6.45) is -0.0945. The quantitative estimate of drug-likeness (QED) is 0.831. The molecule has 0 fully saturated rings. The summed E-state index contributed by atoms with van der Waals surface area (Å²) in [4.78, 5) is 25.0. The van der Waals surface area contributed by atoms with Gasteiger partial charge in [0.1, 0.15) is 11.3 Å². The van der Waals surface area contributed by atoms with Gasteiger partial charge in [-0.3, -0.25) is 9.48 Å². The smallest absolute Gasteiger partial charge is 0.410 e. The topological polar surface area (TPSA) is 76.5 Å². The molecular formula is C19H28F2N4O3. The van der Waals surface area contributed by atoms with Crippen molar-refractivity contribution in [2.45, 2.75) is 71.6 Å². The van der Waals surface area contributed by atoms with Crippen LogP contribution in [0.2, 0.25) is 0 Å². The molecule has 156 valence electrons. The van der Waals surface area contributed by atoms with Crippen LogP contribution in [0.15, 0.2) is 0 Å². The van der Waals surface area contributed by atoms with Crippen LogP contribution in [-0.4, -0.2) is 45.4 Å². The molecule has 2 aliphatic heterocycles. The number of nitrogens with zero attached hydrogens (tertiary/aromatic N) is 3. The third-order valence-electron chi connectivity index (χ3n) is 5.04. The predicted molar refractivity (Wildman–Crippen MR) is 97.9 cm³/mol. The van der Waals surface area contributed by atoms with Crippen LogP contribution >= 0.6 is 0 Å². The Labute approximate surface area is 163 Å². The van der Waals surface area contributed by atoms with Crippen LogP contribution in [0, 0.1) is 5.92 Å². The minimum absolute atomic E-state index is 0.0749. The van der Waals surface area contributed by atoms with E-state index in [0.29, 0.717) is 43.7 Å². The van der Waals surface area contributed by atoms with Crippen LogP contribution in [0.4, 0.5) is 13.6 Å². The molecule has 3 heterocycles. The highest BCUT2D eigenvalue weighted by Gasteiger charge is 2.44. The van der Waals surface area contributed by atoms with Crippen LogP contribution in [-0.2, 0) is 35.0 Å². The molecule has 0 aliphatic carbocycles. The fourth-order valence-electron chi connectivity index (χ4n) is 3.74. The van der Waals surface area contributed by atoms with Crippen LogP contribution < -0.4 is 5.32 Å². The van der Waals surface area contributed by atoms with Crippen molar-refractivity contribution < 1.29 is 23.1 Å². The summed E-state index contributed by atoms with van der Waals surface area (Å²) in [6, 6.07) is 0. The first-order valence-electron chi connectivity index (χ1n) is 9.65. The van der Waals surface area contributed by atoms with Crippen molar-refractivity contribution in [3.63, 3.8) is 0 Å². The number of amides is 2. The molecule has 9 heteroatoms. The molecule has 0 spiro atoms. The van der Waals surface area contributed by atoms with Gasteiger partial charge in [0.05, 0.1) is 12.2 Å². The van der Waals surface area contributed by atoms with Crippen molar-refractivity contribution in [1.82, 2.24) is 20.0 Å². The summed E-state index contributed by atoms with van der Waals surface area (Å²) >= 11 is 0. The van der Waals surface area contributed by atoms with Crippen LogP contribution in [0.3, 0.4) is 0 Å². The Kier molecular flexibility index (Phi) is 5.38. The number of hydrogen-bond acceptors (Lipinski definition) is 4. The number of aromatic nitrogens is 2. The van der Waals surface area contributed by atoms with E-state index in [1.54, 1.807) is 20.8 Å². The summed E-state index contributed by atoms with van der Waals surface area (Å²) in [7, 11) is 0. The summed E-state index contributed by atoms with van der Waals surface area (Å²) in [6.45, 7) is 7.87. The highest BCUT2D eigenvalue weighted by atomic mass is 19.3. The lowest BCUT2D eigenvalue weighted by Crippen LogP contribution is -2.40. The Hall–Kier alpha value is -2.19. The van der Waals surface area contributed by atoms with E-state index >= 15 is 0 Å². The zero-order valence-corrected chi connectivity index (χ0v) is 16.8. The van der Waals surface area contributed by atoms with Gasteiger partial charge in [0.15, 0.2) is 0 Å². The third kappa shape index (κ3) is 4.44. The highest BCUT2D eigenvalue weighted by Crippen LogP contribution is 2.41. The van der Waals surface area contributed by atoms with Gasteiger partial charge >= 0.3 is 6.09 Å². The van der Waals surface area contributed by atoms with Gasteiger partial charge in [0, 0.05) is 45.0 Å². The number of ether oxygens (including phenoxy) is 1. The van der Waals surface area contributed by atoms with Gasteiger partial charge in [-0.25, -0.2) is 4.79 Å².